The van der Waals surface area contributed by atoms with Crippen molar-refractivity contribution in [3.63, 3.8) is 0 Å². The molecule has 0 unspecified atom stereocenters. The van der Waals surface area contributed by atoms with Crippen LogP contribution in [0.5, 0.6) is 0 Å². The van der Waals surface area contributed by atoms with Gasteiger partial charge in [0.15, 0.2) is 11.0 Å². The minimum absolute atomic E-state index is 0.202. The van der Waals surface area contributed by atoms with Crippen molar-refractivity contribution < 1.29 is 13.2 Å². The van der Waals surface area contributed by atoms with Gasteiger partial charge < -0.3 is 5.32 Å². The summed E-state index contributed by atoms with van der Waals surface area (Å²) in [5.41, 5.74) is -0.508. The fourth-order valence-electron chi connectivity index (χ4n) is 1.32. The number of nitrogens with one attached hydrogen (secondary N) is 1. The largest absolute Gasteiger partial charge is 0.416 e. The van der Waals surface area contributed by atoms with E-state index in [-0.39, 0.29) is 10.8 Å². The Morgan fingerprint density at radius 2 is 1.84 bits per heavy atom. The van der Waals surface area contributed by atoms with Gasteiger partial charge in [-0.15, -0.1) is 10.2 Å². The summed E-state index contributed by atoms with van der Waals surface area (Å²) < 4.78 is 38.3. The molecule has 1 N–H and O–H groups in total. The lowest BCUT2D eigenvalue weighted by Crippen LogP contribution is -2.06. The number of anilines is 2. The summed E-state index contributed by atoms with van der Waals surface area (Å²) in [5.74, 6) is 0.296. The molecule has 2 aromatic rings. The standard InChI is InChI=1S/C11H6BrClF3N3/c12-7-2-1-6(11(14,15)16)5-8(7)17-10-4-3-9(13)18-19-10/h1-5H,(H,17,19). The molecule has 0 atom stereocenters. The van der Waals surface area contributed by atoms with Crippen molar-refractivity contribution in [2.45, 2.75) is 6.18 Å². The lowest BCUT2D eigenvalue weighted by atomic mass is 10.2. The topological polar surface area (TPSA) is 37.8 Å². The third-order valence-corrected chi connectivity index (χ3v) is 3.08. The SMILES string of the molecule is FC(F)(F)c1ccc(Br)c(Nc2ccc(Cl)nn2)c1. The van der Waals surface area contributed by atoms with Crippen LogP contribution >= 0.6 is 27.5 Å². The third kappa shape index (κ3) is 3.57. The van der Waals surface area contributed by atoms with E-state index in [9.17, 15) is 13.2 Å². The zero-order valence-electron chi connectivity index (χ0n) is 9.17. The van der Waals surface area contributed by atoms with Crippen LogP contribution in [0, 0.1) is 0 Å². The van der Waals surface area contributed by atoms with E-state index in [1.807, 2.05) is 0 Å². The summed E-state index contributed by atoms with van der Waals surface area (Å²) in [6.07, 6.45) is -4.40. The van der Waals surface area contributed by atoms with Gasteiger partial charge in [-0.2, -0.15) is 13.2 Å². The molecule has 1 heterocycles. The van der Waals surface area contributed by atoms with E-state index in [0.29, 0.717) is 10.3 Å². The molecule has 2 rings (SSSR count). The van der Waals surface area contributed by atoms with E-state index in [1.54, 1.807) is 0 Å². The summed E-state index contributed by atoms with van der Waals surface area (Å²) in [6, 6.07) is 6.29. The molecular formula is C11H6BrClF3N3. The number of hydrogen-bond donors (Lipinski definition) is 1. The molecule has 0 bridgehead atoms. The maximum absolute atomic E-state index is 12.6. The van der Waals surface area contributed by atoms with Crippen LogP contribution in [0.1, 0.15) is 5.56 Å². The van der Waals surface area contributed by atoms with E-state index in [2.05, 4.69) is 31.4 Å². The molecule has 0 aliphatic carbocycles. The average molecular weight is 353 g/mol. The number of hydrogen-bond acceptors (Lipinski definition) is 3. The van der Waals surface area contributed by atoms with Gasteiger partial charge in [-0.3, -0.25) is 0 Å². The highest BCUT2D eigenvalue weighted by molar-refractivity contribution is 9.10. The Bertz CT molecular complexity index is 587. The van der Waals surface area contributed by atoms with E-state index in [4.69, 9.17) is 11.6 Å². The highest BCUT2D eigenvalue weighted by Crippen LogP contribution is 2.34. The van der Waals surface area contributed by atoms with Crippen molar-refractivity contribution in [2.75, 3.05) is 5.32 Å². The van der Waals surface area contributed by atoms with E-state index >= 15 is 0 Å². The van der Waals surface area contributed by atoms with Crippen LogP contribution in [0.15, 0.2) is 34.8 Å². The molecule has 8 heteroatoms. The number of halogens is 5. The monoisotopic (exact) mass is 351 g/mol. The lowest BCUT2D eigenvalue weighted by Gasteiger charge is -2.11. The minimum atomic E-state index is -4.40. The Kier molecular flexibility index (Phi) is 3.96. The first kappa shape index (κ1) is 14.1. The molecular weight excluding hydrogens is 346 g/mol. The predicted molar refractivity (Wildman–Crippen MR) is 69.5 cm³/mol. The molecule has 0 aliphatic rings. The van der Waals surface area contributed by atoms with Gasteiger partial charge >= 0.3 is 6.18 Å². The van der Waals surface area contributed by atoms with Crippen molar-refractivity contribution in [3.05, 3.63) is 45.5 Å². The first-order valence-electron chi connectivity index (χ1n) is 4.99. The van der Waals surface area contributed by atoms with Gasteiger partial charge in [-0.05, 0) is 46.3 Å². The molecule has 0 amide bonds. The summed E-state index contributed by atoms with van der Waals surface area (Å²) in [6.45, 7) is 0. The van der Waals surface area contributed by atoms with Crippen molar-refractivity contribution >= 4 is 39.0 Å². The summed E-state index contributed by atoms with van der Waals surface area (Å²) in [7, 11) is 0. The molecule has 0 saturated heterocycles. The minimum Gasteiger partial charge on any atom is -0.338 e. The second-order valence-electron chi connectivity index (χ2n) is 3.56. The Hall–Kier alpha value is -1.34. The fraction of sp³-hybridized carbons (Fsp3) is 0.0909. The average Bonchev–Trinajstić information content (AvgIpc) is 2.33. The van der Waals surface area contributed by atoms with Gasteiger partial charge in [-0.25, -0.2) is 0 Å². The van der Waals surface area contributed by atoms with Crippen LogP contribution < -0.4 is 5.32 Å². The number of nitrogens with zero attached hydrogens (tertiary/aromatic N) is 2. The zero-order valence-corrected chi connectivity index (χ0v) is 11.5. The van der Waals surface area contributed by atoms with Crippen molar-refractivity contribution in [2.24, 2.45) is 0 Å². The maximum atomic E-state index is 12.6. The molecule has 19 heavy (non-hydrogen) atoms. The fourth-order valence-corrected chi connectivity index (χ4v) is 1.76. The van der Waals surface area contributed by atoms with E-state index in [1.165, 1.54) is 18.2 Å². The molecule has 3 nitrogen and oxygen atoms in total. The van der Waals surface area contributed by atoms with Crippen LogP contribution in [-0.2, 0) is 6.18 Å². The van der Waals surface area contributed by atoms with E-state index in [0.717, 1.165) is 12.1 Å². The molecule has 1 aromatic heterocycles. The van der Waals surface area contributed by atoms with Crippen LogP contribution in [0.25, 0.3) is 0 Å². The Balaban J connectivity index is 2.31. The summed E-state index contributed by atoms with van der Waals surface area (Å²) in [4.78, 5) is 0. The van der Waals surface area contributed by atoms with Gasteiger partial charge in [0.2, 0.25) is 0 Å². The van der Waals surface area contributed by atoms with Crippen molar-refractivity contribution in [3.8, 4) is 0 Å². The Morgan fingerprint density at radius 1 is 1.11 bits per heavy atom. The summed E-state index contributed by atoms with van der Waals surface area (Å²) in [5, 5.41) is 10.2. The van der Waals surface area contributed by atoms with Crippen molar-refractivity contribution in [1.82, 2.24) is 10.2 Å². The van der Waals surface area contributed by atoms with Gasteiger partial charge in [0.1, 0.15) is 0 Å². The zero-order chi connectivity index (χ0) is 14.0. The molecule has 0 fully saturated rings. The molecule has 1 aromatic carbocycles. The lowest BCUT2D eigenvalue weighted by molar-refractivity contribution is -0.137. The second-order valence-corrected chi connectivity index (χ2v) is 4.80. The molecule has 0 saturated carbocycles. The molecule has 0 spiro atoms. The van der Waals surface area contributed by atoms with Crippen LogP contribution in [-0.4, -0.2) is 10.2 Å². The number of benzene rings is 1. The molecule has 100 valence electrons. The molecule has 0 aliphatic heterocycles. The second kappa shape index (κ2) is 5.34. The smallest absolute Gasteiger partial charge is 0.338 e. The van der Waals surface area contributed by atoms with Crippen LogP contribution in [0.4, 0.5) is 24.7 Å². The first-order chi connectivity index (χ1) is 8.86. The maximum Gasteiger partial charge on any atom is 0.416 e. The Labute approximate surface area is 119 Å². The van der Waals surface area contributed by atoms with Gasteiger partial charge in [0.25, 0.3) is 0 Å². The first-order valence-corrected chi connectivity index (χ1v) is 6.16. The van der Waals surface area contributed by atoms with Crippen LogP contribution in [0.3, 0.4) is 0 Å². The molecule has 0 radical (unpaired) electrons. The van der Waals surface area contributed by atoms with Crippen molar-refractivity contribution in [1.29, 1.82) is 0 Å². The quantitative estimate of drug-likeness (QED) is 0.854. The highest BCUT2D eigenvalue weighted by Gasteiger charge is 2.30. The number of alkyl halides is 3. The third-order valence-electron chi connectivity index (χ3n) is 2.19. The normalized spacial score (nSPS) is 11.4. The highest BCUT2D eigenvalue weighted by atomic mass is 79.9. The summed E-state index contributed by atoms with van der Waals surface area (Å²) >= 11 is 8.74. The van der Waals surface area contributed by atoms with Gasteiger partial charge in [0.05, 0.1) is 11.3 Å². The van der Waals surface area contributed by atoms with Gasteiger partial charge in [-0.1, -0.05) is 11.6 Å². The predicted octanol–water partition coefficient (Wildman–Crippen LogP) is 4.65. The Morgan fingerprint density at radius 3 is 2.42 bits per heavy atom. The van der Waals surface area contributed by atoms with Crippen LogP contribution in [0.2, 0.25) is 5.15 Å². The number of aromatic nitrogens is 2. The number of rotatable bonds is 2. The van der Waals surface area contributed by atoms with E-state index < -0.39 is 11.7 Å². The van der Waals surface area contributed by atoms with Gasteiger partial charge in [0, 0.05) is 4.47 Å².